The minimum absolute atomic E-state index is 0.0491. The molecule has 176 valence electrons. The molecule has 10 nitrogen and oxygen atoms in total. The van der Waals surface area contributed by atoms with Crippen LogP contribution in [0.25, 0.3) is 0 Å². The zero-order chi connectivity index (χ0) is 23.8. The number of non-ortho nitro benzene ring substituents is 1. The molecule has 10 heteroatoms. The molecule has 3 rings (SSSR count). The van der Waals surface area contributed by atoms with Crippen molar-refractivity contribution in [3.8, 4) is 5.75 Å². The molecule has 1 amide bonds. The molecular formula is C23H27N3O7. The van der Waals surface area contributed by atoms with Crippen molar-refractivity contribution in [2.45, 2.75) is 13.5 Å². The second-order valence-electron chi connectivity index (χ2n) is 7.46. The molecule has 0 saturated carbocycles. The lowest BCUT2D eigenvalue weighted by Crippen LogP contribution is -2.37. The first-order chi connectivity index (χ1) is 15.9. The molecule has 1 saturated heterocycles. The van der Waals surface area contributed by atoms with Gasteiger partial charge in [0.15, 0.2) is 6.61 Å². The summed E-state index contributed by atoms with van der Waals surface area (Å²) in [7, 11) is 1.61. The van der Waals surface area contributed by atoms with E-state index in [-0.39, 0.29) is 11.3 Å². The average molecular weight is 457 g/mol. The van der Waals surface area contributed by atoms with E-state index in [9.17, 15) is 19.7 Å². The highest BCUT2D eigenvalue weighted by atomic mass is 16.6. The molecule has 1 aliphatic heterocycles. The van der Waals surface area contributed by atoms with Gasteiger partial charge in [-0.25, -0.2) is 4.79 Å². The Morgan fingerprint density at radius 2 is 1.85 bits per heavy atom. The molecule has 0 atom stereocenters. The van der Waals surface area contributed by atoms with Crippen LogP contribution >= 0.6 is 0 Å². The van der Waals surface area contributed by atoms with Gasteiger partial charge in [0.1, 0.15) is 5.75 Å². The second kappa shape index (κ2) is 11.3. The number of amides is 1. The van der Waals surface area contributed by atoms with E-state index in [4.69, 9.17) is 14.2 Å². The highest BCUT2D eigenvalue weighted by Gasteiger charge is 2.24. The number of benzene rings is 2. The molecule has 0 bridgehead atoms. The molecule has 0 spiro atoms. The lowest BCUT2D eigenvalue weighted by atomic mass is 10.1. The monoisotopic (exact) mass is 457 g/mol. The van der Waals surface area contributed by atoms with Gasteiger partial charge in [0.2, 0.25) is 0 Å². The van der Waals surface area contributed by atoms with Crippen LogP contribution in [0.1, 0.15) is 22.8 Å². The predicted octanol–water partition coefficient (Wildman–Crippen LogP) is 2.65. The third-order valence-electron chi connectivity index (χ3n) is 5.17. The van der Waals surface area contributed by atoms with Gasteiger partial charge in [-0.3, -0.25) is 14.9 Å². The number of morpholine rings is 1. The highest BCUT2D eigenvalue weighted by Crippen LogP contribution is 2.27. The van der Waals surface area contributed by atoms with Gasteiger partial charge in [0, 0.05) is 38.8 Å². The fourth-order valence-electron chi connectivity index (χ4n) is 3.42. The van der Waals surface area contributed by atoms with Crippen LogP contribution in [0.15, 0.2) is 42.5 Å². The summed E-state index contributed by atoms with van der Waals surface area (Å²) in [6.07, 6.45) is 0. The molecule has 1 aliphatic rings. The minimum Gasteiger partial charge on any atom is -0.494 e. The number of anilines is 1. The summed E-state index contributed by atoms with van der Waals surface area (Å²) in [5.41, 5.74) is 1.24. The maximum absolute atomic E-state index is 12.8. The summed E-state index contributed by atoms with van der Waals surface area (Å²) in [4.78, 5) is 39.3. The van der Waals surface area contributed by atoms with Gasteiger partial charge >= 0.3 is 5.97 Å². The molecule has 2 aromatic carbocycles. The lowest BCUT2D eigenvalue weighted by Gasteiger charge is -2.30. The van der Waals surface area contributed by atoms with Crippen LogP contribution in [-0.2, 0) is 20.8 Å². The van der Waals surface area contributed by atoms with Crippen LogP contribution in [0.5, 0.6) is 5.75 Å². The number of esters is 1. The predicted molar refractivity (Wildman–Crippen MR) is 120 cm³/mol. The van der Waals surface area contributed by atoms with Crippen molar-refractivity contribution in [3.05, 3.63) is 63.7 Å². The minimum atomic E-state index is -0.789. The van der Waals surface area contributed by atoms with Crippen molar-refractivity contribution in [1.29, 1.82) is 0 Å². The van der Waals surface area contributed by atoms with Crippen LogP contribution in [-0.4, -0.2) is 68.3 Å². The molecule has 33 heavy (non-hydrogen) atoms. The molecule has 2 aromatic rings. The Morgan fingerprint density at radius 1 is 1.15 bits per heavy atom. The van der Waals surface area contributed by atoms with Gasteiger partial charge in [0.05, 0.1) is 36.0 Å². The van der Waals surface area contributed by atoms with Crippen LogP contribution < -0.4 is 9.64 Å². The first kappa shape index (κ1) is 24.0. The summed E-state index contributed by atoms with van der Waals surface area (Å²) >= 11 is 0. The molecular weight excluding hydrogens is 430 g/mol. The second-order valence-corrected chi connectivity index (χ2v) is 7.46. The van der Waals surface area contributed by atoms with Crippen LogP contribution in [0, 0.1) is 10.1 Å². The van der Waals surface area contributed by atoms with E-state index in [1.54, 1.807) is 7.05 Å². The Labute approximate surface area is 191 Å². The van der Waals surface area contributed by atoms with Gasteiger partial charge in [-0.2, -0.15) is 0 Å². The molecule has 0 aromatic heterocycles. The number of rotatable bonds is 9. The van der Waals surface area contributed by atoms with E-state index in [1.165, 1.54) is 23.1 Å². The zero-order valence-electron chi connectivity index (χ0n) is 18.7. The van der Waals surface area contributed by atoms with Gasteiger partial charge in [-0.05, 0) is 30.7 Å². The number of hydrogen-bond acceptors (Lipinski definition) is 8. The zero-order valence-corrected chi connectivity index (χ0v) is 18.7. The Morgan fingerprint density at radius 3 is 2.48 bits per heavy atom. The number of nitro benzene ring substituents is 1. The summed E-state index contributed by atoms with van der Waals surface area (Å²) in [6.45, 7) is 4.39. The Hall–Kier alpha value is -3.66. The number of ether oxygens (including phenoxy) is 3. The maximum Gasteiger partial charge on any atom is 0.341 e. The average Bonchev–Trinajstić information content (AvgIpc) is 2.83. The number of nitrogens with zero attached hydrogens (tertiary/aromatic N) is 3. The third kappa shape index (κ3) is 6.42. The van der Waals surface area contributed by atoms with E-state index >= 15 is 0 Å². The standard InChI is InChI=1S/C23H27N3O7/c1-3-32-19-7-4-17(5-8-19)15-24(2)22(27)16-33-23(28)20-14-18(26(29)30)6-9-21(20)25-10-12-31-13-11-25/h4-9,14H,3,10-13,15-16H2,1-2H3. The Balaban J connectivity index is 1.64. The molecule has 1 heterocycles. The van der Waals surface area contributed by atoms with E-state index < -0.39 is 23.4 Å². The first-order valence-electron chi connectivity index (χ1n) is 10.6. The van der Waals surface area contributed by atoms with Crippen LogP contribution in [0.2, 0.25) is 0 Å². The van der Waals surface area contributed by atoms with Gasteiger partial charge in [0.25, 0.3) is 11.6 Å². The Bertz CT molecular complexity index is 988. The number of carbonyl (C=O) groups excluding carboxylic acids is 2. The van der Waals surface area contributed by atoms with E-state index in [1.807, 2.05) is 36.1 Å². The topological polar surface area (TPSA) is 111 Å². The molecule has 0 aliphatic carbocycles. The van der Waals surface area contributed by atoms with E-state index in [0.717, 1.165) is 11.3 Å². The lowest BCUT2D eigenvalue weighted by molar-refractivity contribution is -0.384. The largest absolute Gasteiger partial charge is 0.494 e. The first-order valence-corrected chi connectivity index (χ1v) is 10.6. The smallest absolute Gasteiger partial charge is 0.341 e. The van der Waals surface area contributed by atoms with Crippen molar-refractivity contribution in [2.75, 3.05) is 51.5 Å². The van der Waals surface area contributed by atoms with Gasteiger partial charge < -0.3 is 24.0 Å². The highest BCUT2D eigenvalue weighted by molar-refractivity contribution is 5.97. The summed E-state index contributed by atoms with van der Waals surface area (Å²) in [5, 5.41) is 11.2. The number of nitro groups is 1. The van der Waals surface area contributed by atoms with Gasteiger partial charge in [-0.1, -0.05) is 12.1 Å². The quantitative estimate of drug-likeness (QED) is 0.321. The molecule has 0 radical (unpaired) electrons. The number of likely N-dealkylation sites (N-methyl/N-ethyl adjacent to an activating group) is 1. The van der Waals surface area contributed by atoms with Crippen molar-refractivity contribution in [2.24, 2.45) is 0 Å². The van der Waals surface area contributed by atoms with Crippen molar-refractivity contribution < 1.29 is 28.7 Å². The van der Waals surface area contributed by atoms with Crippen molar-refractivity contribution in [1.82, 2.24) is 4.90 Å². The van der Waals surface area contributed by atoms with E-state index in [2.05, 4.69) is 0 Å². The van der Waals surface area contributed by atoms with Crippen LogP contribution in [0.4, 0.5) is 11.4 Å². The fraction of sp³-hybridized carbons (Fsp3) is 0.391. The summed E-state index contributed by atoms with van der Waals surface area (Å²) in [5.74, 6) is -0.434. The molecule has 1 fully saturated rings. The van der Waals surface area contributed by atoms with Crippen LogP contribution in [0.3, 0.4) is 0 Å². The molecule has 0 unspecified atom stereocenters. The van der Waals surface area contributed by atoms with Crippen molar-refractivity contribution >= 4 is 23.3 Å². The summed E-state index contributed by atoms with van der Waals surface area (Å²) in [6, 6.07) is 11.4. The van der Waals surface area contributed by atoms with E-state index in [0.29, 0.717) is 45.1 Å². The fourth-order valence-corrected chi connectivity index (χ4v) is 3.42. The normalized spacial score (nSPS) is 13.3. The van der Waals surface area contributed by atoms with Crippen molar-refractivity contribution in [3.63, 3.8) is 0 Å². The third-order valence-corrected chi connectivity index (χ3v) is 5.17. The number of hydrogen-bond donors (Lipinski definition) is 0. The maximum atomic E-state index is 12.8. The van der Waals surface area contributed by atoms with Gasteiger partial charge in [-0.15, -0.1) is 0 Å². The SMILES string of the molecule is CCOc1ccc(CN(C)C(=O)COC(=O)c2cc([N+](=O)[O-])ccc2N2CCOCC2)cc1. The number of carbonyl (C=O) groups is 2. The Kier molecular flexibility index (Phi) is 8.20. The summed E-state index contributed by atoms with van der Waals surface area (Å²) < 4.78 is 16.0. The molecule has 0 N–H and O–H groups in total.